The van der Waals surface area contributed by atoms with Crippen LogP contribution in [0.1, 0.15) is 12.8 Å². The zero-order valence-electron chi connectivity index (χ0n) is 10.0. The van der Waals surface area contributed by atoms with Crippen LogP contribution in [0.15, 0.2) is 0 Å². The van der Waals surface area contributed by atoms with Crippen molar-refractivity contribution in [2.75, 3.05) is 35.2 Å². The third-order valence-corrected chi connectivity index (χ3v) is 2.38. The Morgan fingerprint density at radius 1 is 1.00 bits per heavy atom. The Hall–Kier alpha value is -1.85. The number of hydrogen-bond donors (Lipinski definition) is 5. The van der Waals surface area contributed by atoms with Gasteiger partial charge in [-0.05, 0) is 12.8 Å². The highest BCUT2D eigenvalue weighted by atomic mass is 32.3. The molecule has 2 rings (SSSR count). The van der Waals surface area contributed by atoms with Crippen molar-refractivity contribution < 1.29 is 17.5 Å². The highest BCUT2D eigenvalue weighted by Crippen LogP contribution is 2.23. The van der Waals surface area contributed by atoms with Gasteiger partial charge in [-0.3, -0.25) is 9.11 Å². The van der Waals surface area contributed by atoms with Crippen LogP contribution in [0.3, 0.4) is 0 Å². The van der Waals surface area contributed by atoms with Crippen LogP contribution in [0.2, 0.25) is 0 Å². The average Bonchev–Trinajstić information content (AvgIpc) is 2.76. The molecular formula is C8H16N6O4S. The predicted molar refractivity (Wildman–Crippen MR) is 70.9 cm³/mol. The number of anilines is 4. The normalized spacial score (nSPS) is 14.9. The van der Waals surface area contributed by atoms with Crippen molar-refractivity contribution in [2.45, 2.75) is 12.8 Å². The molecule has 1 aromatic rings. The molecule has 1 aromatic heterocycles. The van der Waals surface area contributed by atoms with E-state index in [9.17, 15) is 0 Å². The molecule has 0 saturated carbocycles. The van der Waals surface area contributed by atoms with Gasteiger partial charge in [-0.2, -0.15) is 18.4 Å². The molecule has 0 aromatic carbocycles. The molecule has 0 atom stereocenters. The zero-order chi connectivity index (χ0) is 14.6. The van der Waals surface area contributed by atoms with Gasteiger partial charge in [0.2, 0.25) is 5.95 Å². The van der Waals surface area contributed by atoms with E-state index in [1.807, 2.05) is 0 Å². The molecular weight excluding hydrogens is 276 g/mol. The van der Waals surface area contributed by atoms with E-state index in [-0.39, 0.29) is 17.3 Å². The number of aromatic nitrogens is 2. The van der Waals surface area contributed by atoms with Gasteiger partial charge in [0, 0.05) is 13.1 Å². The lowest BCUT2D eigenvalue weighted by atomic mass is 10.4. The maximum absolute atomic E-state index is 8.74. The maximum atomic E-state index is 8.74. The van der Waals surface area contributed by atoms with Crippen molar-refractivity contribution in [3.63, 3.8) is 0 Å². The topological polar surface area (TPSA) is 182 Å². The minimum atomic E-state index is -4.67. The first-order valence-electron chi connectivity index (χ1n) is 5.31. The molecule has 2 heterocycles. The van der Waals surface area contributed by atoms with Crippen LogP contribution >= 0.6 is 0 Å². The molecule has 8 N–H and O–H groups in total. The number of hydrogen-bond acceptors (Lipinski definition) is 8. The van der Waals surface area contributed by atoms with E-state index in [2.05, 4.69) is 14.9 Å². The van der Waals surface area contributed by atoms with E-state index in [1.54, 1.807) is 0 Å². The fourth-order valence-electron chi connectivity index (χ4n) is 1.55. The van der Waals surface area contributed by atoms with Crippen LogP contribution < -0.4 is 22.1 Å². The second-order valence-corrected chi connectivity index (χ2v) is 4.75. The summed E-state index contributed by atoms with van der Waals surface area (Å²) in [6, 6.07) is 0. The summed E-state index contributed by atoms with van der Waals surface area (Å²) < 4.78 is 31.6. The van der Waals surface area contributed by atoms with Gasteiger partial charge in [0.1, 0.15) is 5.69 Å². The fourth-order valence-corrected chi connectivity index (χ4v) is 1.55. The number of nitrogens with zero attached hydrogens (tertiary/aromatic N) is 3. The van der Waals surface area contributed by atoms with Crippen molar-refractivity contribution in [2.24, 2.45) is 0 Å². The summed E-state index contributed by atoms with van der Waals surface area (Å²) in [7, 11) is -4.67. The van der Waals surface area contributed by atoms with Gasteiger partial charge in [0.25, 0.3) is 0 Å². The summed E-state index contributed by atoms with van der Waals surface area (Å²) in [5, 5.41) is 0. The van der Waals surface area contributed by atoms with Gasteiger partial charge in [-0.1, -0.05) is 0 Å². The van der Waals surface area contributed by atoms with Crippen molar-refractivity contribution in [1.29, 1.82) is 0 Å². The van der Waals surface area contributed by atoms with Crippen molar-refractivity contribution in [3.8, 4) is 0 Å². The van der Waals surface area contributed by atoms with Crippen LogP contribution in [0.25, 0.3) is 0 Å². The molecule has 0 radical (unpaired) electrons. The third kappa shape index (κ3) is 5.11. The largest absolute Gasteiger partial charge is 0.394 e. The lowest BCUT2D eigenvalue weighted by Gasteiger charge is -2.16. The van der Waals surface area contributed by atoms with Crippen molar-refractivity contribution >= 4 is 33.7 Å². The molecule has 1 aliphatic heterocycles. The lowest BCUT2D eigenvalue weighted by Crippen LogP contribution is -2.22. The van der Waals surface area contributed by atoms with Crippen molar-refractivity contribution in [3.05, 3.63) is 0 Å². The standard InChI is InChI=1S/C8H14N6.H2O4S/c9-5-6(10)12-8(13-7(5)11)14-3-1-2-4-14;1-5(2,3)4/h1-4,9H2,(H4,10,11,12,13);(H2,1,2,3,4). The van der Waals surface area contributed by atoms with Crippen LogP contribution in [-0.4, -0.2) is 40.6 Å². The minimum Gasteiger partial charge on any atom is -0.393 e. The number of nitrogens with two attached hydrogens (primary N) is 3. The molecule has 0 spiro atoms. The SMILES string of the molecule is Nc1nc(N2CCCC2)nc(N)c1N.O=S(=O)(O)O. The fraction of sp³-hybridized carbons (Fsp3) is 0.500. The second kappa shape index (κ2) is 5.86. The molecule has 0 aliphatic carbocycles. The van der Waals surface area contributed by atoms with Gasteiger partial charge in [0.05, 0.1) is 0 Å². The first-order valence-corrected chi connectivity index (χ1v) is 6.71. The Labute approximate surface area is 110 Å². The van der Waals surface area contributed by atoms with Crippen LogP contribution in [0.5, 0.6) is 0 Å². The molecule has 19 heavy (non-hydrogen) atoms. The van der Waals surface area contributed by atoms with E-state index < -0.39 is 10.4 Å². The lowest BCUT2D eigenvalue weighted by molar-refractivity contribution is 0.381. The Kier molecular flexibility index (Phi) is 4.69. The number of rotatable bonds is 1. The van der Waals surface area contributed by atoms with E-state index in [1.165, 1.54) is 0 Å². The Morgan fingerprint density at radius 2 is 1.37 bits per heavy atom. The van der Waals surface area contributed by atoms with Crippen molar-refractivity contribution in [1.82, 2.24) is 9.97 Å². The molecule has 0 bridgehead atoms. The van der Waals surface area contributed by atoms with E-state index in [0.29, 0.717) is 5.95 Å². The van der Waals surface area contributed by atoms with Gasteiger partial charge < -0.3 is 22.1 Å². The highest BCUT2D eigenvalue weighted by Gasteiger charge is 2.17. The maximum Gasteiger partial charge on any atom is 0.394 e. The molecule has 1 aliphatic rings. The Bertz CT molecular complexity index is 511. The highest BCUT2D eigenvalue weighted by molar-refractivity contribution is 7.79. The summed E-state index contributed by atoms with van der Waals surface area (Å²) in [4.78, 5) is 10.3. The molecule has 0 amide bonds. The molecule has 108 valence electrons. The van der Waals surface area contributed by atoms with E-state index in [0.717, 1.165) is 25.9 Å². The second-order valence-electron chi connectivity index (χ2n) is 3.85. The Morgan fingerprint density at radius 3 is 1.74 bits per heavy atom. The average molecular weight is 292 g/mol. The monoisotopic (exact) mass is 292 g/mol. The molecule has 0 unspecified atom stereocenters. The number of nitrogen functional groups attached to an aromatic ring is 3. The smallest absolute Gasteiger partial charge is 0.393 e. The first kappa shape index (κ1) is 15.2. The minimum absolute atomic E-state index is 0.263. The molecule has 1 saturated heterocycles. The van der Waals surface area contributed by atoms with Crippen LogP contribution in [0.4, 0.5) is 23.3 Å². The quantitative estimate of drug-likeness (QED) is 0.409. The summed E-state index contributed by atoms with van der Waals surface area (Å²) in [6.45, 7) is 1.92. The van der Waals surface area contributed by atoms with E-state index in [4.69, 9.17) is 34.7 Å². The summed E-state index contributed by atoms with van der Waals surface area (Å²) in [5.74, 6) is 1.12. The van der Waals surface area contributed by atoms with E-state index >= 15 is 0 Å². The summed E-state index contributed by atoms with van der Waals surface area (Å²) in [6.07, 6.45) is 2.32. The van der Waals surface area contributed by atoms with Gasteiger partial charge in [-0.25, -0.2) is 0 Å². The van der Waals surface area contributed by atoms with Crippen LogP contribution in [-0.2, 0) is 10.4 Å². The first-order chi connectivity index (χ1) is 8.68. The zero-order valence-corrected chi connectivity index (χ0v) is 10.8. The van der Waals surface area contributed by atoms with Crippen LogP contribution in [0, 0.1) is 0 Å². The molecule has 1 fully saturated rings. The third-order valence-electron chi connectivity index (χ3n) is 2.38. The molecule has 11 heteroatoms. The van der Waals surface area contributed by atoms with Gasteiger partial charge >= 0.3 is 10.4 Å². The summed E-state index contributed by atoms with van der Waals surface area (Å²) >= 11 is 0. The van der Waals surface area contributed by atoms with Gasteiger partial charge in [-0.15, -0.1) is 0 Å². The Balaban J connectivity index is 0.000000312. The predicted octanol–water partition coefficient (Wildman–Crippen LogP) is -0.829. The van der Waals surface area contributed by atoms with Gasteiger partial charge in [0.15, 0.2) is 11.6 Å². The summed E-state index contributed by atoms with van der Waals surface area (Å²) in [5.41, 5.74) is 17.0. The molecule has 10 nitrogen and oxygen atoms in total.